The maximum atomic E-state index is 4.06. The Bertz CT molecular complexity index is 194. The Morgan fingerprint density at radius 1 is 1.07 bits per heavy atom. The van der Waals surface area contributed by atoms with Crippen LogP contribution in [0.15, 0.2) is 12.7 Å². The summed E-state index contributed by atoms with van der Waals surface area (Å²) in [6, 6.07) is 0. The van der Waals surface area contributed by atoms with Gasteiger partial charge in [-0.2, -0.15) is 0 Å². The molecule has 1 nitrogen and oxygen atoms in total. The molecule has 90 valence electrons. The molecule has 0 spiro atoms. The van der Waals surface area contributed by atoms with Gasteiger partial charge in [-0.3, -0.25) is 0 Å². The molecule has 15 heavy (non-hydrogen) atoms. The van der Waals surface area contributed by atoms with Crippen molar-refractivity contribution in [2.75, 3.05) is 13.6 Å². The van der Waals surface area contributed by atoms with Crippen molar-refractivity contribution >= 4 is 0 Å². The Morgan fingerprint density at radius 3 is 1.73 bits per heavy atom. The first kappa shape index (κ1) is 14.7. The van der Waals surface area contributed by atoms with E-state index in [-0.39, 0.29) is 11.0 Å². The van der Waals surface area contributed by atoms with E-state index >= 15 is 0 Å². The lowest BCUT2D eigenvalue weighted by molar-refractivity contribution is 0.0110. The van der Waals surface area contributed by atoms with E-state index in [1.165, 1.54) is 12.8 Å². The quantitative estimate of drug-likeness (QED) is 0.573. The Labute approximate surface area is 96.6 Å². The van der Waals surface area contributed by atoms with Gasteiger partial charge in [-0.05, 0) is 32.9 Å². The second-order valence-electron chi connectivity index (χ2n) is 4.73. The molecule has 0 heterocycles. The molecule has 0 aliphatic heterocycles. The fourth-order valence-corrected chi connectivity index (χ4v) is 3.00. The van der Waals surface area contributed by atoms with Crippen LogP contribution in [0.25, 0.3) is 0 Å². The minimum Gasteiger partial charge on any atom is -0.300 e. The summed E-state index contributed by atoms with van der Waals surface area (Å²) in [4.78, 5) is 2.50. The third-order valence-electron chi connectivity index (χ3n) is 4.62. The smallest absolute Gasteiger partial charge is 0.0288 e. The van der Waals surface area contributed by atoms with Crippen molar-refractivity contribution in [2.45, 2.75) is 59.4 Å². The van der Waals surface area contributed by atoms with E-state index in [2.05, 4.69) is 59.2 Å². The fraction of sp³-hybridized carbons (Fsp3) is 0.857. The van der Waals surface area contributed by atoms with Crippen LogP contribution in [0.5, 0.6) is 0 Å². The summed E-state index contributed by atoms with van der Waals surface area (Å²) >= 11 is 0. The van der Waals surface area contributed by atoms with Crippen molar-refractivity contribution < 1.29 is 0 Å². The molecule has 0 rings (SSSR count). The van der Waals surface area contributed by atoms with Crippen LogP contribution in [0.2, 0.25) is 0 Å². The van der Waals surface area contributed by atoms with Crippen LogP contribution in [-0.4, -0.2) is 24.0 Å². The molecule has 0 aromatic rings. The highest BCUT2D eigenvalue weighted by atomic mass is 15.2. The molecule has 0 aliphatic carbocycles. The van der Waals surface area contributed by atoms with Gasteiger partial charge >= 0.3 is 0 Å². The van der Waals surface area contributed by atoms with E-state index in [1.54, 1.807) is 0 Å². The summed E-state index contributed by atoms with van der Waals surface area (Å²) in [5.74, 6) is 0. The Balaban J connectivity index is 5.32. The molecule has 1 atom stereocenters. The predicted molar refractivity (Wildman–Crippen MR) is 70.2 cm³/mol. The molecular formula is C14H29N. The molecule has 0 saturated carbocycles. The van der Waals surface area contributed by atoms with Crippen LogP contribution in [0.1, 0.15) is 53.9 Å². The minimum absolute atomic E-state index is 0.210. The van der Waals surface area contributed by atoms with Gasteiger partial charge in [-0.25, -0.2) is 0 Å². The van der Waals surface area contributed by atoms with Gasteiger partial charge in [0.1, 0.15) is 0 Å². The van der Waals surface area contributed by atoms with Crippen molar-refractivity contribution in [1.29, 1.82) is 0 Å². The van der Waals surface area contributed by atoms with Crippen LogP contribution in [0.4, 0.5) is 0 Å². The summed E-state index contributed by atoms with van der Waals surface area (Å²) in [7, 11) is 2.24. The molecule has 0 aromatic carbocycles. The molecule has 0 aliphatic rings. The third-order valence-corrected chi connectivity index (χ3v) is 4.62. The van der Waals surface area contributed by atoms with Crippen molar-refractivity contribution in [3.63, 3.8) is 0 Å². The summed E-state index contributed by atoms with van der Waals surface area (Å²) < 4.78 is 0. The summed E-state index contributed by atoms with van der Waals surface area (Å²) in [6.45, 7) is 16.6. The zero-order valence-electron chi connectivity index (χ0n) is 11.6. The van der Waals surface area contributed by atoms with Crippen molar-refractivity contribution in [3.8, 4) is 0 Å². The van der Waals surface area contributed by atoms with E-state index in [4.69, 9.17) is 0 Å². The SMILES string of the molecule is C=CC(C)(CC)C(CC)(CC)N(C)CC. The second-order valence-corrected chi connectivity index (χ2v) is 4.73. The Hall–Kier alpha value is -0.300. The van der Waals surface area contributed by atoms with Gasteiger partial charge in [0, 0.05) is 11.0 Å². The van der Waals surface area contributed by atoms with Crippen LogP contribution in [-0.2, 0) is 0 Å². The first-order valence-electron chi connectivity index (χ1n) is 6.32. The molecular weight excluding hydrogens is 182 g/mol. The van der Waals surface area contributed by atoms with Crippen LogP contribution in [0.3, 0.4) is 0 Å². The first-order valence-corrected chi connectivity index (χ1v) is 6.32. The van der Waals surface area contributed by atoms with Gasteiger partial charge in [0.2, 0.25) is 0 Å². The standard InChI is InChI=1S/C14H29N/c1-8-13(6,9-2)14(10-3,11-4)15(7)12-5/h8H,1,9-12H2,2-7H3. The second kappa shape index (κ2) is 5.69. The number of hydrogen-bond donors (Lipinski definition) is 0. The molecule has 0 bridgehead atoms. The van der Waals surface area contributed by atoms with Gasteiger partial charge < -0.3 is 4.90 Å². The van der Waals surface area contributed by atoms with Gasteiger partial charge in [-0.1, -0.05) is 40.7 Å². The first-order chi connectivity index (χ1) is 6.97. The number of hydrogen-bond acceptors (Lipinski definition) is 1. The van der Waals surface area contributed by atoms with E-state index in [1.807, 2.05) is 0 Å². The normalized spacial score (nSPS) is 16.5. The molecule has 0 aromatic heterocycles. The molecule has 0 radical (unpaired) electrons. The zero-order chi connectivity index (χ0) is 12.1. The topological polar surface area (TPSA) is 3.24 Å². The molecule has 0 amide bonds. The van der Waals surface area contributed by atoms with Crippen molar-refractivity contribution in [2.24, 2.45) is 5.41 Å². The van der Waals surface area contributed by atoms with Crippen molar-refractivity contribution in [3.05, 3.63) is 12.7 Å². The third kappa shape index (κ3) is 2.28. The van der Waals surface area contributed by atoms with Crippen molar-refractivity contribution in [1.82, 2.24) is 4.90 Å². The van der Waals surface area contributed by atoms with Gasteiger partial charge in [0.25, 0.3) is 0 Å². The minimum atomic E-state index is 0.210. The summed E-state index contributed by atoms with van der Waals surface area (Å²) in [5, 5.41) is 0. The Kier molecular flexibility index (Phi) is 5.58. The fourth-order valence-electron chi connectivity index (χ4n) is 3.00. The molecule has 0 saturated heterocycles. The van der Waals surface area contributed by atoms with Crippen LogP contribution < -0.4 is 0 Å². The molecule has 1 heteroatoms. The number of rotatable bonds is 7. The van der Waals surface area contributed by atoms with E-state index in [0.29, 0.717) is 0 Å². The predicted octanol–water partition coefficient (Wildman–Crippen LogP) is 4.10. The van der Waals surface area contributed by atoms with Crippen LogP contribution in [0, 0.1) is 5.41 Å². The van der Waals surface area contributed by atoms with E-state index in [9.17, 15) is 0 Å². The van der Waals surface area contributed by atoms with E-state index in [0.717, 1.165) is 13.0 Å². The highest BCUT2D eigenvalue weighted by Gasteiger charge is 2.44. The largest absolute Gasteiger partial charge is 0.300 e. The van der Waals surface area contributed by atoms with Gasteiger partial charge in [0.05, 0.1) is 0 Å². The monoisotopic (exact) mass is 211 g/mol. The maximum Gasteiger partial charge on any atom is 0.0288 e. The Morgan fingerprint density at radius 2 is 1.53 bits per heavy atom. The lowest BCUT2D eigenvalue weighted by Crippen LogP contribution is -2.56. The highest BCUT2D eigenvalue weighted by Crippen LogP contribution is 2.44. The zero-order valence-corrected chi connectivity index (χ0v) is 11.6. The van der Waals surface area contributed by atoms with Crippen LogP contribution >= 0.6 is 0 Å². The highest BCUT2D eigenvalue weighted by molar-refractivity contribution is 5.09. The lowest BCUT2D eigenvalue weighted by Gasteiger charge is -2.52. The van der Waals surface area contributed by atoms with Gasteiger partial charge in [0.15, 0.2) is 0 Å². The summed E-state index contributed by atoms with van der Waals surface area (Å²) in [5.41, 5.74) is 0.472. The number of nitrogens with zero attached hydrogens (tertiary/aromatic N) is 1. The molecule has 0 fully saturated rings. The molecule has 1 unspecified atom stereocenters. The maximum absolute atomic E-state index is 4.06. The van der Waals surface area contributed by atoms with E-state index < -0.39 is 0 Å². The van der Waals surface area contributed by atoms with Gasteiger partial charge in [-0.15, -0.1) is 6.58 Å². The lowest BCUT2D eigenvalue weighted by atomic mass is 9.65. The average molecular weight is 211 g/mol. The average Bonchev–Trinajstić information content (AvgIpc) is 2.30. The summed E-state index contributed by atoms with van der Waals surface area (Å²) in [6.07, 6.45) is 5.68. The molecule has 0 N–H and O–H groups in total.